The molecule has 0 radical (unpaired) electrons. The number of fused-ring (bicyclic) bond motifs is 13. The van der Waals surface area contributed by atoms with Gasteiger partial charge in [-0.2, -0.15) is 0 Å². The molecule has 0 bridgehead atoms. The van der Waals surface area contributed by atoms with Crippen molar-refractivity contribution in [1.82, 2.24) is 0 Å². The van der Waals surface area contributed by atoms with E-state index in [2.05, 4.69) is 215 Å². The number of benzene rings is 8. The largest absolute Gasteiger partial charge is 0.310 e. The van der Waals surface area contributed by atoms with Gasteiger partial charge < -0.3 is 4.90 Å². The summed E-state index contributed by atoms with van der Waals surface area (Å²) in [5.74, 6) is -0.387. The molecule has 0 saturated heterocycles. The Kier molecular flexibility index (Phi) is 7.19. The molecular weight excluding hydrogens is 723 g/mol. The Labute approximate surface area is 356 Å². The quantitative estimate of drug-likeness (QED) is 0.168. The molecule has 8 aromatic carbocycles. The smallest absolute Gasteiger partial charge is 0.0726 e. The van der Waals surface area contributed by atoms with Gasteiger partial charge in [0.1, 0.15) is 0 Å². The molecule has 1 unspecified atom stereocenters. The second-order valence-electron chi connectivity index (χ2n) is 19.0. The van der Waals surface area contributed by atoms with Crippen LogP contribution in [0.4, 0.5) is 17.1 Å². The van der Waals surface area contributed by atoms with E-state index in [1.54, 1.807) is 0 Å². The van der Waals surface area contributed by atoms with Gasteiger partial charge in [-0.3, -0.25) is 0 Å². The van der Waals surface area contributed by atoms with Crippen LogP contribution in [-0.2, 0) is 16.2 Å². The van der Waals surface area contributed by atoms with E-state index in [0.717, 1.165) is 35.5 Å². The molecular formula is C59H49N. The second-order valence-corrected chi connectivity index (χ2v) is 19.0. The Balaban J connectivity index is 1.07. The van der Waals surface area contributed by atoms with Crippen LogP contribution in [0, 0.1) is 0 Å². The fourth-order valence-electron chi connectivity index (χ4n) is 11.1. The molecule has 1 nitrogen and oxygen atoms in total. The molecule has 1 heteroatoms. The van der Waals surface area contributed by atoms with Crippen molar-refractivity contribution in [2.45, 2.75) is 69.6 Å². The van der Waals surface area contributed by atoms with Crippen molar-refractivity contribution < 1.29 is 1.37 Å². The van der Waals surface area contributed by atoms with Crippen molar-refractivity contribution in [3.8, 4) is 44.5 Å². The topological polar surface area (TPSA) is 3.24 Å². The van der Waals surface area contributed by atoms with Gasteiger partial charge >= 0.3 is 0 Å². The minimum Gasteiger partial charge on any atom is -0.310 e. The van der Waals surface area contributed by atoms with Crippen LogP contribution in [0.25, 0.3) is 44.5 Å². The molecule has 0 aliphatic heterocycles. The zero-order valence-corrected chi connectivity index (χ0v) is 35.1. The molecule has 4 aliphatic carbocycles. The molecule has 60 heavy (non-hydrogen) atoms. The highest BCUT2D eigenvalue weighted by atomic mass is 15.1. The Morgan fingerprint density at radius 1 is 0.450 bits per heavy atom. The molecule has 290 valence electrons. The average molecular weight is 773 g/mol. The Morgan fingerprint density at radius 3 is 1.53 bits per heavy atom. The van der Waals surface area contributed by atoms with E-state index in [0.29, 0.717) is 0 Å². The standard InChI is InChI=1S/C59H49N/c1-57(2,3)41-26-31-48-45-12-7-10-16-53(45)59(55(48)34-41)54-17-11-8-13-46(54)49-32-29-44(36-56(49)59)60(42-27-24-40(25-28-42)39-22-20-38(21-23-39)37-18-19-37)43-30-33-52-50(35-43)47-14-6-9-15-51(47)58(52,4)5/h6-17,20-37H,18-19H2,1-5H3/i37D. The number of anilines is 3. The van der Waals surface area contributed by atoms with Crippen LogP contribution in [-0.4, -0.2) is 0 Å². The summed E-state index contributed by atoms with van der Waals surface area (Å²) in [6.45, 7) is 11.7. The Bertz CT molecular complexity index is 3090. The maximum absolute atomic E-state index is 8.64. The number of hydrogen-bond acceptors (Lipinski definition) is 1. The van der Waals surface area contributed by atoms with E-state index in [-0.39, 0.29) is 16.7 Å². The minimum absolute atomic E-state index is 0.000550. The van der Waals surface area contributed by atoms with Gasteiger partial charge in [-0.1, -0.05) is 174 Å². The first-order chi connectivity index (χ1) is 29.5. The van der Waals surface area contributed by atoms with E-state index in [9.17, 15) is 0 Å². The summed E-state index contributed by atoms with van der Waals surface area (Å²) >= 11 is 0. The molecule has 1 fully saturated rings. The van der Waals surface area contributed by atoms with Gasteiger partial charge in [-0.05, 0) is 150 Å². The maximum atomic E-state index is 8.64. The molecule has 0 aromatic heterocycles. The predicted molar refractivity (Wildman–Crippen MR) is 251 cm³/mol. The van der Waals surface area contributed by atoms with Crippen LogP contribution >= 0.6 is 0 Å². The second kappa shape index (κ2) is 12.5. The lowest BCUT2D eigenvalue weighted by molar-refractivity contribution is 0.588. The van der Waals surface area contributed by atoms with Gasteiger partial charge in [0.15, 0.2) is 0 Å². The van der Waals surface area contributed by atoms with Gasteiger partial charge in [0, 0.05) is 23.8 Å². The van der Waals surface area contributed by atoms with Gasteiger partial charge in [0.05, 0.1) is 5.41 Å². The molecule has 0 amide bonds. The van der Waals surface area contributed by atoms with Crippen molar-refractivity contribution in [2.75, 3.05) is 4.90 Å². The summed E-state index contributed by atoms with van der Waals surface area (Å²) in [4.78, 5) is 2.47. The maximum Gasteiger partial charge on any atom is 0.0726 e. The van der Waals surface area contributed by atoms with Crippen LogP contribution in [0.1, 0.15) is 99.2 Å². The number of nitrogens with zero attached hydrogens (tertiary/aromatic N) is 1. The normalized spacial score (nSPS) is 18.2. The van der Waals surface area contributed by atoms with E-state index >= 15 is 0 Å². The average Bonchev–Trinajstić information content (AvgIpc) is 3.80. The summed E-state index contributed by atoms with van der Waals surface area (Å²) in [6.07, 6.45) is 1.91. The fourth-order valence-corrected chi connectivity index (χ4v) is 11.1. The van der Waals surface area contributed by atoms with Crippen LogP contribution in [0.5, 0.6) is 0 Å². The Hall–Kier alpha value is -6.44. The van der Waals surface area contributed by atoms with E-state index in [1.807, 2.05) is 0 Å². The molecule has 1 saturated carbocycles. The van der Waals surface area contributed by atoms with Crippen LogP contribution in [0.3, 0.4) is 0 Å². The summed E-state index contributed by atoms with van der Waals surface area (Å²) < 4.78 is 8.64. The number of rotatable bonds is 5. The predicted octanol–water partition coefficient (Wildman–Crippen LogP) is 15.6. The van der Waals surface area contributed by atoms with Crippen molar-refractivity contribution in [3.63, 3.8) is 0 Å². The van der Waals surface area contributed by atoms with Crippen LogP contribution in [0.15, 0.2) is 176 Å². The SMILES string of the molecule is [2H]C1(c2ccc(-c3ccc(N(c4ccc5c(c4)-c4ccccc4C5(C)C)c4ccc5c(c4)C4(c6ccccc6-5)c5ccccc5-c5ccc(C(C)(C)C)cc54)cc3)cc2)CC1. The summed E-state index contributed by atoms with van der Waals surface area (Å²) in [7, 11) is 0. The Morgan fingerprint density at radius 2 is 0.917 bits per heavy atom. The highest BCUT2D eigenvalue weighted by Crippen LogP contribution is 2.64. The summed E-state index contributed by atoms with van der Waals surface area (Å²) in [5, 5.41) is 0. The summed E-state index contributed by atoms with van der Waals surface area (Å²) in [6, 6.07) is 66.6. The lowest BCUT2D eigenvalue weighted by Crippen LogP contribution is -2.27. The third kappa shape index (κ3) is 4.99. The third-order valence-corrected chi connectivity index (χ3v) is 14.3. The van der Waals surface area contributed by atoms with Crippen LogP contribution in [0.2, 0.25) is 0 Å². The zero-order valence-electron chi connectivity index (χ0n) is 36.1. The van der Waals surface area contributed by atoms with E-state index in [4.69, 9.17) is 1.37 Å². The van der Waals surface area contributed by atoms with Gasteiger partial charge in [0.2, 0.25) is 0 Å². The van der Waals surface area contributed by atoms with Gasteiger partial charge in [0.25, 0.3) is 0 Å². The number of hydrogen-bond donors (Lipinski definition) is 0. The molecule has 8 aromatic rings. The highest BCUT2D eigenvalue weighted by molar-refractivity contribution is 5.97. The van der Waals surface area contributed by atoms with E-state index < -0.39 is 5.41 Å². The first-order valence-corrected chi connectivity index (χ1v) is 21.7. The molecule has 4 aliphatic rings. The molecule has 12 rings (SSSR count). The molecule has 1 spiro atoms. The molecule has 1 atom stereocenters. The van der Waals surface area contributed by atoms with Crippen molar-refractivity contribution in [2.24, 2.45) is 0 Å². The minimum atomic E-state index is -0.462. The third-order valence-electron chi connectivity index (χ3n) is 14.3. The highest BCUT2D eigenvalue weighted by Gasteiger charge is 2.52. The van der Waals surface area contributed by atoms with E-state index in [1.165, 1.54) is 83.5 Å². The first kappa shape index (κ1) is 34.4. The van der Waals surface area contributed by atoms with Crippen molar-refractivity contribution >= 4 is 17.1 Å². The lowest BCUT2D eigenvalue weighted by Gasteiger charge is -2.33. The summed E-state index contributed by atoms with van der Waals surface area (Å²) in [5.41, 5.74) is 23.7. The van der Waals surface area contributed by atoms with Gasteiger partial charge in [-0.25, -0.2) is 0 Å². The first-order valence-electron chi connectivity index (χ1n) is 22.2. The van der Waals surface area contributed by atoms with Gasteiger partial charge in [-0.15, -0.1) is 0 Å². The monoisotopic (exact) mass is 772 g/mol. The molecule has 0 N–H and O–H groups in total. The van der Waals surface area contributed by atoms with Crippen molar-refractivity contribution in [3.05, 3.63) is 220 Å². The lowest BCUT2D eigenvalue weighted by atomic mass is 9.69. The fraction of sp³-hybridized carbons (Fsp3) is 0.186. The zero-order chi connectivity index (χ0) is 41.5. The van der Waals surface area contributed by atoms with Crippen LogP contribution < -0.4 is 4.90 Å². The molecule has 0 heterocycles. The van der Waals surface area contributed by atoms with Crippen molar-refractivity contribution in [1.29, 1.82) is 0 Å².